The zero-order valence-electron chi connectivity index (χ0n) is 16.2. The first-order valence-corrected chi connectivity index (χ1v) is 11.8. The number of ether oxygens (including phenoxy) is 1. The van der Waals surface area contributed by atoms with Gasteiger partial charge in [0.1, 0.15) is 6.54 Å². The van der Waals surface area contributed by atoms with E-state index in [1.165, 1.54) is 14.9 Å². The second-order valence-corrected chi connectivity index (χ2v) is 10.2. The summed E-state index contributed by atoms with van der Waals surface area (Å²) in [4.78, 5) is 28.7. The Morgan fingerprint density at radius 3 is 2.48 bits per heavy atom. The van der Waals surface area contributed by atoms with E-state index in [2.05, 4.69) is 4.90 Å². The van der Waals surface area contributed by atoms with Crippen molar-refractivity contribution in [3.05, 3.63) is 27.9 Å². The molecule has 2 fully saturated rings. The van der Waals surface area contributed by atoms with Crippen LogP contribution in [0.3, 0.4) is 0 Å². The number of benzene rings is 1. The van der Waals surface area contributed by atoms with Gasteiger partial charge in [-0.2, -0.15) is 4.31 Å². The zero-order chi connectivity index (χ0) is 20.6. The predicted molar refractivity (Wildman–Crippen MR) is 110 cm³/mol. The highest BCUT2D eigenvalue weighted by atomic mass is 32.2. The molecule has 0 atom stereocenters. The fraction of sp³-hybridized carbons (Fsp3) is 0.556. The molecule has 3 heterocycles. The molecule has 158 valence electrons. The number of fused-ring (bicyclic) bond motifs is 1. The van der Waals surface area contributed by atoms with Crippen molar-refractivity contribution in [1.82, 2.24) is 18.7 Å². The summed E-state index contributed by atoms with van der Waals surface area (Å²) in [5.74, 6) is -0.135. The Balaban J connectivity index is 1.59. The minimum absolute atomic E-state index is 0.0522. The molecule has 0 bridgehead atoms. The molecule has 1 amide bonds. The third kappa shape index (κ3) is 4.10. The first-order valence-electron chi connectivity index (χ1n) is 9.54. The number of piperazine rings is 1. The Labute approximate surface area is 173 Å². The number of hydrogen-bond donors (Lipinski definition) is 0. The van der Waals surface area contributed by atoms with Crippen molar-refractivity contribution < 1.29 is 17.9 Å². The lowest BCUT2D eigenvalue weighted by atomic mass is 10.3. The first-order chi connectivity index (χ1) is 13.9. The third-order valence-electron chi connectivity index (χ3n) is 5.40. The summed E-state index contributed by atoms with van der Waals surface area (Å²) in [5, 5.41) is 0. The van der Waals surface area contributed by atoms with Crippen LogP contribution in [0.5, 0.6) is 0 Å². The highest BCUT2D eigenvalue weighted by Gasteiger charge is 2.28. The Morgan fingerprint density at radius 1 is 1.10 bits per heavy atom. The van der Waals surface area contributed by atoms with Crippen molar-refractivity contribution in [1.29, 1.82) is 0 Å². The Kier molecular flexibility index (Phi) is 5.76. The molecule has 2 saturated heterocycles. The van der Waals surface area contributed by atoms with Gasteiger partial charge in [-0.15, -0.1) is 0 Å². The summed E-state index contributed by atoms with van der Waals surface area (Å²) < 4.78 is 34.7. The number of thiazole rings is 1. The molecule has 2 aliphatic heterocycles. The first kappa shape index (κ1) is 20.5. The maximum Gasteiger partial charge on any atom is 0.308 e. The fourth-order valence-electron chi connectivity index (χ4n) is 3.58. The Bertz CT molecular complexity index is 1060. The molecular weight excluding hydrogens is 416 g/mol. The number of carbonyl (C=O) groups excluding carboxylic acids is 1. The standard InChI is InChI=1S/C18H24N4O5S2/c1-19-4-6-21(7-5-19)29(25,26)14-2-3-15-16(12-14)28-18(24)22(15)13-17(23)20-8-10-27-11-9-20/h2-3,12H,4-11,13H2,1H3. The van der Waals surface area contributed by atoms with Gasteiger partial charge in [-0.05, 0) is 25.2 Å². The summed E-state index contributed by atoms with van der Waals surface area (Å²) in [6, 6.07) is 4.70. The molecule has 11 heteroatoms. The van der Waals surface area contributed by atoms with E-state index in [-0.39, 0.29) is 22.2 Å². The van der Waals surface area contributed by atoms with Crippen LogP contribution >= 0.6 is 11.3 Å². The molecule has 9 nitrogen and oxygen atoms in total. The van der Waals surface area contributed by atoms with Gasteiger partial charge in [0, 0.05) is 39.3 Å². The molecular formula is C18H24N4O5S2. The molecule has 0 unspecified atom stereocenters. The second kappa shape index (κ2) is 8.15. The topological polar surface area (TPSA) is 92.2 Å². The maximum absolute atomic E-state index is 13.0. The number of nitrogens with zero attached hydrogens (tertiary/aromatic N) is 4. The van der Waals surface area contributed by atoms with Crippen molar-refractivity contribution in [3.8, 4) is 0 Å². The summed E-state index contributed by atoms with van der Waals surface area (Å²) in [5.41, 5.74) is 0.582. The monoisotopic (exact) mass is 440 g/mol. The molecule has 0 spiro atoms. The van der Waals surface area contributed by atoms with E-state index in [9.17, 15) is 18.0 Å². The van der Waals surface area contributed by atoms with Crippen LogP contribution in [0, 0.1) is 0 Å². The van der Waals surface area contributed by atoms with Gasteiger partial charge >= 0.3 is 4.87 Å². The van der Waals surface area contributed by atoms with Gasteiger partial charge in [0.05, 0.1) is 28.3 Å². The molecule has 0 N–H and O–H groups in total. The van der Waals surface area contributed by atoms with E-state index in [1.54, 1.807) is 17.0 Å². The van der Waals surface area contributed by atoms with Crippen molar-refractivity contribution in [2.75, 3.05) is 59.5 Å². The minimum Gasteiger partial charge on any atom is -0.378 e. The second-order valence-electron chi connectivity index (χ2n) is 7.28. The van der Waals surface area contributed by atoms with Crippen LogP contribution in [-0.4, -0.2) is 92.5 Å². The third-order valence-corrected chi connectivity index (χ3v) is 8.23. The molecule has 0 radical (unpaired) electrons. The minimum atomic E-state index is -3.61. The van der Waals surface area contributed by atoms with Crippen LogP contribution < -0.4 is 4.87 Å². The van der Waals surface area contributed by atoms with Crippen molar-refractivity contribution in [2.45, 2.75) is 11.4 Å². The van der Waals surface area contributed by atoms with Gasteiger partial charge in [-0.3, -0.25) is 14.2 Å². The summed E-state index contributed by atoms with van der Waals surface area (Å²) in [6.07, 6.45) is 0. The fourth-order valence-corrected chi connectivity index (χ4v) is 6.04. The van der Waals surface area contributed by atoms with Crippen LogP contribution in [0.25, 0.3) is 10.2 Å². The predicted octanol–water partition coefficient (Wildman–Crippen LogP) is -0.142. The molecule has 2 aromatic rings. The summed E-state index contributed by atoms with van der Waals surface area (Å²) in [7, 11) is -1.64. The number of carbonyl (C=O) groups is 1. The van der Waals surface area contributed by atoms with Gasteiger partial charge in [0.25, 0.3) is 0 Å². The van der Waals surface area contributed by atoms with Crippen LogP contribution in [0.1, 0.15) is 0 Å². The molecule has 2 aliphatic rings. The largest absolute Gasteiger partial charge is 0.378 e. The van der Waals surface area contributed by atoms with Crippen molar-refractivity contribution in [2.24, 2.45) is 0 Å². The summed E-state index contributed by atoms with van der Waals surface area (Å²) >= 11 is 0.966. The van der Waals surface area contributed by atoms with Gasteiger partial charge in [-0.25, -0.2) is 8.42 Å². The number of morpholine rings is 1. The lowest BCUT2D eigenvalue weighted by Crippen LogP contribution is -2.46. The number of sulfonamides is 1. The van der Waals surface area contributed by atoms with E-state index >= 15 is 0 Å². The number of amides is 1. The number of likely N-dealkylation sites (N-methyl/N-ethyl adjacent to an activating group) is 1. The molecule has 0 aliphatic carbocycles. The molecule has 29 heavy (non-hydrogen) atoms. The molecule has 0 saturated carbocycles. The molecule has 4 rings (SSSR count). The molecule has 1 aromatic heterocycles. The van der Waals surface area contributed by atoms with E-state index in [4.69, 9.17) is 4.74 Å². The van der Waals surface area contributed by atoms with Gasteiger partial charge in [0.2, 0.25) is 15.9 Å². The lowest BCUT2D eigenvalue weighted by molar-refractivity contribution is -0.135. The average Bonchev–Trinajstić information content (AvgIpc) is 3.03. The van der Waals surface area contributed by atoms with Crippen LogP contribution in [0.15, 0.2) is 27.9 Å². The van der Waals surface area contributed by atoms with Crippen molar-refractivity contribution in [3.63, 3.8) is 0 Å². The van der Waals surface area contributed by atoms with E-state index < -0.39 is 10.0 Å². The van der Waals surface area contributed by atoms with E-state index in [0.717, 1.165) is 11.3 Å². The van der Waals surface area contributed by atoms with Gasteiger partial charge in [0.15, 0.2) is 0 Å². The lowest BCUT2D eigenvalue weighted by Gasteiger charge is -2.31. The van der Waals surface area contributed by atoms with Crippen LogP contribution in [0.4, 0.5) is 0 Å². The SMILES string of the molecule is CN1CCN(S(=O)(=O)c2ccc3c(c2)sc(=O)n3CC(=O)N2CCOCC2)CC1. The number of aromatic nitrogens is 1. The van der Waals surface area contributed by atoms with Crippen LogP contribution in [0.2, 0.25) is 0 Å². The van der Waals surface area contributed by atoms with Crippen molar-refractivity contribution >= 4 is 37.5 Å². The molecule has 1 aromatic carbocycles. The normalized spacial score (nSPS) is 19.7. The van der Waals surface area contributed by atoms with Crippen LogP contribution in [-0.2, 0) is 26.1 Å². The summed E-state index contributed by atoms with van der Waals surface area (Å²) in [6.45, 7) is 4.25. The van der Waals surface area contributed by atoms with E-state index in [1.807, 2.05) is 7.05 Å². The Morgan fingerprint density at radius 2 is 1.79 bits per heavy atom. The zero-order valence-corrected chi connectivity index (χ0v) is 17.9. The van der Waals surface area contributed by atoms with E-state index in [0.29, 0.717) is 62.7 Å². The smallest absolute Gasteiger partial charge is 0.308 e. The maximum atomic E-state index is 13.0. The highest BCUT2D eigenvalue weighted by Crippen LogP contribution is 2.24. The van der Waals surface area contributed by atoms with Gasteiger partial charge < -0.3 is 14.5 Å². The average molecular weight is 441 g/mol. The number of rotatable bonds is 4. The Hall–Kier alpha value is -1.79. The van der Waals surface area contributed by atoms with Gasteiger partial charge in [-0.1, -0.05) is 11.3 Å². The number of hydrogen-bond acceptors (Lipinski definition) is 7. The quantitative estimate of drug-likeness (QED) is 0.657. The highest BCUT2D eigenvalue weighted by molar-refractivity contribution is 7.89.